The molecule has 3 amide bonds. The van der Waals surface area contributed by atoms with Crippen molar-refractivity contribution in [3.05, 3.63) is 23.2 Å². The highest BCUT2D eigenvalue weighted by Gasteiger charge is 2.23. The van der Waals surface area contributed by atoms with Crippen molar-refractivity contribution < 1.29 is 23.9 Å². The van der Waals surface area contributed by atoms with Crippen LogP contribution in [0.1, 0.15) is 36.5 Å². The number of furan rings is 1. The molecule has 0 aliphatic heterocycles. The number of carbonyl (C=O) groups is 3. The van der Waals surface area contributed by atoms with Gasteiger partial charge in [0.25, 0.3) is 0 Å². The van der Waals surface area contributed by atoms with Gasteiger partial charge in [-0.15, -0.1) is 0 Å². The zero-order valence-electron chi connectivity index (χ0n) is 12.1. The third-order valence-electron chi connectivity index (χ3n) is 2.90. The molecule has 0 saturated heterocycles. The molecule has 2 atom stereocenters. The van der Waals surface area contributed by atoms with E-state index in [0.29, 0.717) is 11.5 Å². The van der Waals surface area contributed by atoms with Crippen LogP contribution in [0.25, 0.3) is 0 Å². The number of carboxylic acid groups (broad SMARTS) is 1. The molecule has 0 aliphatic rings. The monoisotopic (exact) mass is 297 g/mol. The number of amides is 3. The minimum Gasteiger partial charge on any atom is -0.480 e. The van der Waals surface area contributed by atoms with E-state index >= 15 is 0 Å². The van der Waals surface area contributed by atoms with Crippen molar-refractivity contribution in [3.8, 4) is 0 Å². The number of urea groups is 1. The van der Waals surface area contributed by atoms with E-state index in [1.54, 1.807) is 26.8 Å². The highest BCUT2D eigenvalue weighted by Crippen LogP contribution is 2.20. The Kier molecular flexibility index (Phi) is 5.34. The number of primary amides is 1. The summed E-state index contributed by atoms with van der Waals surface area (Å²) in [6.45, 7) is 5.29. The molecule has 0 bridgehead atoms. The number of aryl methyl sites for hydroxylation is 2. The van der Waals surface area contributed by atoms with Gasteiger partial charge in [0.1, 0.15) is 17.6 Å². The molecule has 1 aromatic rings. The van der Waals surface area contributed by atoms with Crippen LogP contribution in [0.4, 0.5) is 4.79 Å². The first kappa shape index (κ1) is 16.5. The number of rotatable bonds is 6. The second kappa shape index (κ2) is 6.78. The summed E-state index contributed by atoms with van der Waals surface area (Å²) in [5, 5.41) is 13.7. The SMILES string of the molecule is Cc1cc(C(C)NC(=O)NC(CC(N)=O)C(=O)O)c(C)o1. The third kappa shape index (κ3) is 4.83. The number of carbonyl (C=O) groups excluding carboxylic acids is 2. The predicted molar refractivity (Wildman–Crippen MR) is 73.5 cm³/mol. The molecule has 0 radical (unpaired) electrons. The van der Waals surface area contributed by atoms with Crippen molar-refractivity contribution in [2.45, 2.75) is 39.3 Å². The number of aliphatic carboxylic acids is 1. The van der Waals surface area contributed by atoms with Gasteiger partial charge in [-0.25, -0.2) is 9.59 Å². The highest BCUT2D eigenvalue weighted by molar-refractivity contribution is 5.87. The fourth-order valence-electron chi connectivity index (χ4n) is 1.96. The van der Waals surface area contributed by atoms with Crippen molar-refractivity contribution in [1.82, 2.24) is 10.6 Å². The van der Waals surface area contributed by atoms with Crippen molar-refractivity contribution >= 4 is 17.9 Å². The first-order chi connectivity index (χ1) is 9.70. The summed E-state index contributed by atoms with van der Waals surface area (Å²) in [6, 6.07) is -0.639. The van der Waals surface area contributed by atoms with Crippen LogP contribution < -0.4 is 16.4 Å². The maximum atomic E-state index is 11.8. The summed E-state index contributed by atoms with van der Waals surface area (Å²) in [7, 11) is 0. The smallest absolute Gasteiger partial charge is 0.326 e. The van der Waals surface area contributed by atoms with Crippen molar-refractivity contribution in [3.63, 3.8) is 0 Å². The highest BCUT2D eigenvalue weighted by atomic mass is 16.4. The minimum atomic E-state index is -1.36. The Bertz CT molecular complexity index is 552. The summed E-state index contributed by atoms with van der Waals surface area (Å²) in [6.07, 6.45) is -0.471. The molecule has 2 unspecified atom stereocenters. The lowest BCUT2D eigenvalue weighted by molar-refractivity contribution is -0.140. The summed E-state index contributed by atoms with van der Waals surface area (Å²) in [5.74, 6) is -0.745. The van der Waals surface area contributed by atoms with Gasteiger partial charge in [-0.2, -0.15) is 0 Å². The molecular weight excluding hydrogens is 278 g/mol. The topological polar surface area (TPSA) is 135 Å². The van der Waals surface area contributed by atoms with E-state index in [1.807, 2.05) is 0 Å². The number of nitrogens with two attached hydrogens (primary N) is 1. The molecule has 8 heteroatoms. The molecule has 0 aromatic carbocycles. The van der Waals surface area contributed by atoms with Gasteiger partial charge in [0.2, 0.25) is 5.91 Å². The zero-order valence-corrected chi connectivity index (χ0v) is 12.1. The maximum absolute atomic E-state index is 11.8. The Labute approximate surface area is 121 Å². The van der Waals surface area contributed by atoms with Crippen LogP contribution in [0.5, 0.6) is 0 Å². The van der Waals surface area contributed by atoms with E-state index in [0.717, 1.165) is 5.56 Å². The minimum absolute atomic E-state index is 0.370. The van der Waals surface area contributed by atoms with Crippen LogP contribution in [-0.4, -0.2) is 29.1 Å². The normalized spacial score (nSPS) is 13.3. The molecule has 0 spiro atoms. The van der Waals surface area contributed by atoms with Crippen LogP contribution in [0, 0.1) is 13.8 Å². The third-order valence-corrected chi connectivity index (χ3v) is 2.90. The average molecular weight is 297 g/mol. The lowest BCUT2D eigenvalue weighted by Gasteiger charge is -2.17. The van der Waals surface area contributed by atoms with Gasteiger partial charge in [-0.05, 0) is 26.8 Å². The first-order valence-corrected chi connectivity index (χ1v) is 6.35. The summed E-state index contributed by atoms with van der Waals surface area (Å²) in [4.78, 5) is 33.5. The van der Waals surface area contributed by atoms with Gasteiger partial charge in [-0.3, -0.25) is 4.79 Å². The molecule has 21 heavy (non-hydrogen) atoms. The average Bonchev–Trinajstić information content (AvgIpc) is 2.66. The van der Waals surface area contributed by atoms with Crippen LogP contribution in [0.2, 0.25) is 0 Å². The molecule has 0 aliphatic carbocycles. The fourth-order valence-corrected chi connectivity index (χ4v) is 1.96. The van der Waals surface area contributed by atoms with Crippen LogP contribution in [-0.2, 0) is 9.59 Å². The van der Waals surface area contributed by atoms with E-state index < -0.39 is 30.4 Å². The lowest BCUT2D eigenvalue weighted by atomic mass is 10.1. The molecular formula is C13H19N3O5. The molecule has 116 valence electrons. The predicted octanol–water partition coefficient (Wildman–Crippen LogP) is 0.585. The van der Waals surface area contributed by atoms with Crippen LogP contribution in [0.3, 0.4) is 0 Å². The number of carboxylic acids is 1. The van der Waals surface area contributed by atoms with Crippen molar-refractivity contribution in [2.24, 2.45) is 5.73 Å². The van der Waals surface area contributed by atoms with Gasteiger partial charge < -0.3 is 25.9 Å². The zero-order chi connectivity index (χ0) is 16.2. The van der Waals surface area contributed by atoms with Crippen LogP contribution >= 0.6 is 0 Å². The quantitative estimate of drug-likeness (QED) is 0.609. The molecule has 5 N–H and O–H groups in total. The van der Waals surface area contributed by atoms with E-state index in [-0.39, 0.29) is 6.04 Å². The van der Waals surface area contributed by atoms with E-state index in [1.165, 1.54) is 0 Å². The van der Waals surface area contributed by atoms with E-state index in [2.05, 4.69) is 10.6 Å². The molecule has 1 rings (SSSR count). The first-order valence-electron chi connectivity index (χ1n) is 6.35. The Morgan fingerprint density at radius 1 is 1.33 bits per heavy atom. The van der Waals surface area contributed by atoms with Crippen molar-refractivity contribution in [1.29, 1.82) is 0 Å². The summed E-state index contributed by atoms with van der Waals surface area (Å²) >= 11 is 0. The number of hydrogen-bond acceptors (Lipinski definition) is 4. The number of nitrogens with one attached hydrogen (secondary N) is 2. The molecule has 8 nitrogen and oxygen atoms in total. The van der Waals surface area contributed by atoms with Crippen molar-refractivity contribution in [2.75, 3.05) is 0 Å². The van der Waals surface area contributed by atoms with E-state index in [4.69, 9.17) is 15.3 Å². The van der Waals surface area contributed by atoms with E-state index in [9.17, 15) is 14.4 Å². The largest absolute Gasteiger partial charge is 0.480 e. The Balaban J connectivity index is 2.65. The standard InChI is InChI=1S/C13H19N3O5/c1-6-4-9(8(3)21-6)7(2)15-13(20)16-10(12(18)19)5-11(14)17/h4,7,10H,5H2,1-3H3,(H2,14,17)(H,18,19)(H2,15,16,20). The lowest BCUT2D eigenvalue weighted by Crippen LogP contribution is -2.48. The molecule has 1 aromatic heterocycles. The summed E-state index contributed by atoms with van der Waals surface area (Å²) < 4.78 is 5.36. The Morgan fingerprint density at radius 2 is 1.95 bits per heavy atom. The molecule has 0 fully saturated rings. The van der Waals surface area contributed by atoms with Gasteiger partial charge in [-0.1, -0.05) is 0 Å². The van der Waals surface area contributed by atoms with Crippen LogP contribution in [0.15, 0.2) is 10.5 Å². The van der Waals surface area contributed by atoms with Gasteiger partial charge >= 0.3 is 12.0 Å². The fraction of sp³-hybridized carbons (Fsp3) is 0.462. The Hall–Kier alpha value is -2.51. The molecule has 1 heterocycles. The van der Waals surface area contributed by atoms with Gasteiger partial charge in [0.05, 0.1) is 12.5 Å². The second-order valence-corrected chi connectivity index (χ2v) is 4.77. The summed E-state index contributed by atoms with van der Waals surface area (Å²) in [5.41, 5.74) is 5.73. The second-order valence-electron chi connectivity index (χ2n) is 4.77. The van der Waals surface area contributed by atoms with Gasteiger partial charge in [0.15, 0.2) is 0 Å². The molecule has 0 saturated carbocycles. The number of hydrogen-bond donors (Lipinski definition) is 4. The maximum Gasteiger partial charge on any atom is 0.326 e. The van der Waals surface area contributed by atoms with Gasteiger partial charge in [0, 0.05) is 5.56 Å². The Morgan fingerprint density at radius 3 is 2.38 bits per heavy atom.